The molecule has 3 aromatic carbocycles. The van der Waals surface area contributed by atoms with Crippen molar-refractivity contribution >= 4 is 0 Å². The van der Waals surface area contributed by atoms with Crippen LogP contribution in [0.2, 0.25) is 0 Å². The van der Waals surface area contributed by atoms with E-state index in [1.165, 1.54) is 22.3 Å². The van der Waals surface area contributed by atoms with Gasteiger partial charge in [-0.25, -0.2) is 0 Å². The number of hydrogen-bond donors (Lipinski definition) is 0. The Morgan fingerprint density at radius 1 is 0.710 bits per heavy atom. The van der Waals surface area contributed by atoms with Gasteiger partial charge < -0.3 is 14.2 Å². The molecule has 0 amide bonds. The van der Waals surface area contributed by atoms with Gasteiger partial charge in [-0.15, -0.1) is 0 Å². The van der Waals surface area contributed by atoms with Gasteiger partial charge in [0.05, 0.1) is 20.3 Å². The summed E-state index contributed by atoms with van der Waals surface area (Å²) >= 11 is 0. The van der Waals surface area contributed by atoms with Crippen molar-refractivity contribution in [1.82, 2.24) is 4.90 Å². The van der Waals surface area contributed by atoms with Gasteiger partial charge in [0, 0.05) is 33.2 Å². The zero-order chi connectivity index (χ0) is 22.1. The van der Waals surface area contributed by atoms with Crippen LogP contribution in [-0.4, -0.2) is 38.9 Å². The minimum atomic E-state index is 0.109. The third-order valence-electron chi connectivity index (χ3n) is 5.63. The summed E-state index contributed by atoms with van der Waals surface area (Å²) < 4.78 is 16.5. The maximum atomic E-state index is 5.91. The predicted octanol–water partition coefficient (Wildman–Crippen LogP) is 5.27. The molecule has 3 rings (SSSR count). The van der Waals surface area contributed by atoms with E-state index in [1.807, 2.05) is 31.4 Å². The van der Waals surface area contributed by atoms with E-state index in [0.29, 0.717) is 0 Å². The van der Waals surface area contributed by atoms with Gasteiger partial charge in [0.15, 0.2) is 0 Å². The maximum absolute atomic E-state index is 5.91. The standard InChI is InChI=1S/C27H33NO3/c1-21-7-5-6-8-24(21)17-27(31-4)20-28(18-22-9-13-25(29-2)14-10-22)19-23-11-15-26(30-3)16-12-23/h5-16,27H,17-20H2,1-4H3/t27-/m0/s1. The number of hydrogen-bond acceptors (Lipinski definition) is 4. The minimum absolute atomic E-state index is 0.109. The topological polar surface area (TPSA) is 30.9 Å². The van der Waals surface area contributed by atoms with E-state index in [2.05, 4.69) is 60.4 Å². The molecular weight excluding hydrogens is 386 g/mol. The normalized spacial score (nSPS) is 12.0. The van der Waals surface area contributed by atoms with Crippen LogP contribution < -0.4 is 9.47 Å². The third kappa shape index (κ3) is 6.84. The Balaban J connectivity index is 1.75. The average Bonchev–Trinajstić information content (AvgIpc) is 2.81. The molecule has 0 fully saturated rings. The molecule has 31 heavy (non-hydrogen) atoms. The van der Waals surface area contributed by atoms with Crippen molar-refractivity contribution in [3.05, 3.63) is 95.1 Å². The molecule has 0 heterocycles. The molecule has 164 valence electrons. The molecule has 0 saturated carbocycles. The molecule has 0 N–H and O–H groups in total. The molecule has 3 aromatic rings. The second-order valence-electron chi connectivity index (χ2n) is 7.85. The van der Waals surface area contributed by atoms with E-state index in [4.69, 9.17) is 14.2 Å². The molecule has 0 aliphatic heterocycles. The van der Waals surface area contributed by atoms with Crippen LogP contribution in [-0.2, 0) is 24.2 Å². The highest BCUT2D eigenvalue weighted by Crippen LogP contribution is 2.19. The molecule has 0 aliphatic rings. The molecule has 4 heteroatoms. The van der Waals surface area contributed by atoms with E-state index >= 15 is 0 Å². The molecule has 0 radical (unpaired) electrons. The number of ether oxygens (including phenoxy) is 3. The van der Waals surface area contributed by atoms with Crippen LogP contribution in [0.1, 0.15) is 22.3 Å². The molecular formula is C27H33NO3. The Hall–Kier alpha value is -2.82. The van der Waals surface area contributed by atoms with E-state index in [0.717, 1.165) is 37.6 Å². The zero-order valence-corrected chi connectivity index (χ0v) is 19.0. The monoisotopic (exact) mass is 419 g/mol. The van der Waals surface area contributed by atoms with Crippen LogP contribution >= 0.6 is 0 Å². The molecule has 1 atom stereocenters. The van der Waals surface area contributed by atoms with Crippen LogP contribution in [0.15, 0.2) is 72.8 Å². The van der Waals surface area contributed by atoms with Crippen LogP contribution in [0.4, 0.5) is 0 Å². The van der Waals surface area contributed by atoms with Crippen LogP contribution in [0.5, 0.6) is 11.5 Å². The van der Waals surface area contributed by atoms with Crippen LogP contribution in [0.3, 0.4) is 0 Å². The van der Waals surface area contributed by atoms with Crippen molar-refractivity contribution in [2.75, 3.05) is 27.9 Å². The number of benzene rings is 3. The fourth-order valence-corrected chi connectivity index (χ4v) is 3.76. The first-order chi connectivity index (χ1) is 15.1. The average molecular weight is 420 g/mol. The highest BCUT2D eigenvalue weighted by Gasteiger charge is 2.17. The van der Waals surface area contributed by atoms with E-state index in [9.17, 15) is 0 Å². The van der Waals surface area contributed by atoms with Gasteiger partial charge in [-0.1, -0.05) is 48.5 Å². The largest absolute Gasteiger partial charge is 0.497 e. The summed E-state index contributed by atoms with van der Waals surface area (Å²) in [6, 6.07) is 25.1. The summed E-state index contributed by atoms with van der Waals surface area (Å²) in [4.78, 5) is 2.44. The summed E-state index contributed by atoms with van der Waals surface area (Å²) in [7, 11) is 5.20. The molecule has 0 saturated heterocycles. The summed E-state index contributed by atoms with van der Waals surface area (Å²) in [5.41, 5.74) is 5.14. The lowest BCUT2D eigenvalue weighted by Crippen LogP contribution is -2.34. The smallest absolute Gasteiger partial charge is 0.118 e. The Bertz CT molecular complexity index is 872. The lowest BCUT2D eigenvalue weighted by molar-refractivity contribution is 0.0588. The fraction of sp³-hybridized carbons (Fsp3) is 0.333. The Morgan fingerprint density at radius 2 is 1.23 bits per heavy atom. The molecule has 0 unspecified atom stereocenters. The van der Waals surface area contributed by atoms with Gasteiger partial charge in [-0.05, 0) is 53.4 Å². The summed E-state index contributed by atoms with van der Waals surface area (Å²) in [6.45, 7) is 4.67. The van der Waals surface area contributed by atoms with Gasteiger partial charge in [-0.2, -0.15) is 0 Å². The zero-order valence-electron chi connectivity index (χ0n) is 19.0. The first-order valence-corrected chi connectivity index (χ1v) is 10.7. The van der Waals surface area contributed by atoms with Crippen molar-refractivity contribution in [3.8, 4) is 11.5 Å². The Morgan fingerprint density at radius 3 is 1.68 bits per heavy atom. The highest BCUT2D eigenvalue weighted by molar-refractivity contribution is 5.29. The minimum Gasteiger partial charge on any atom is -0.497 e. The summed E-state index contributed by atoms with van der Waals surface area (Å²) in [5, 5.41) is 0. The van der Waals surface area contributed by atoms with Crippen LogP contribution in [0.25, 0.3) is 0 Å². The molecule has 0 aromatic heterocycles. The second kappa shape index (κ2) is 11.5. The summed E-state index contributed by atoms with van der Waals surface area (Å²) in [5.74, 6) is 1.75. The predicted molar refractivity (Wildman–Crippen MR) is 126 cm³/mol. The van der Waals surface area contributed by atoms with Crippen molar-refractivity contribution < 1.29 is 14.2 Å². The van der Waals surface area contributed by atoms with Crippen molar-refractivity contribution in [2.24, 2.45) is 0 Å². The van der Waals surface area contributed by atoms with Crippen molar-refractivity contribution in [2.45, 2.75) is 32.5 Å². The molecule has 4 nitrogen and oxygen atoms in total. The molecule has 0 spiro atoms. The Kier molecular flexibility index (Phi) is 8.51. The number of aryl methyl sites for hydroxylation is 1. The first-order valence-electron chi connectivity index (χ1n) is 10.7. The quantitative estimate of drug-likeness (QED) is 0.424. The van der Waals surface area contributed by atoms with Gasteiger partial charge >= 0.3 is 0 Å². The lowest BCUT2D eigenvalue weighted by atomic mass is 10.0. The van der Waals surface area contributed by atoms with E-state index in [-0.39, 0.29) is 6.10 Å². The van der Waals surface area contributed by atoms with Gasteiger partial charge in [-0.3, -0.25) is 4.90 Å². The first kappa shape index (κ1) is 22.9. The van der Waals surface area contributed by atoms with Gasteiger partial charge in [0.1, 0.15) is 11.5 Å². The van der Waals surface area contributed by atoms with Gasteiger partial charge in [0.25, 0.3) is 0 Å². The fourth-order valence-electron chi connectivity index (χ4n) is 3.76. The summed E-state index contributed by atoms with van der Waals surface area (Å²) in [6.07, 6.45) is 1.00. The SMILES string of the molecule is COc1ccc(CN(Cc2ccc(OC)cc2)C[C@H](Cc2ccccc2C)OC)cc1. The number of rotatable bonds is 11. The highest BCUT2D eigenvalue weighted by atomic mass is 16.5. The van der Waals surface area contributed by atoms with Crippen LogP contribution in [0, 0.1) is 6.92 Å². The van der Waals surface area contributed by atoms with E-state index < -0.39 is 0 Å². The van der Waals surface area contributed by atoms with E-state index in [1.54, 1.807) is 14.2 Å². The number of methoxy groups -OCH3 is 3. The van der Waals surface area contributed by atoms with Gasteiger partial charge in [0.2, 0.25) is 0 Å². The van der Waals surface area contributed by atoms with Crippen molar-refractivity contribution in [3.63, 3.8) is 0 Å². The lowest BCUT2D eigenvalue weighted by Gasteiger charge is -2.28. The maximum Gasteiger partial charge on any atom is 0.118 e. The third-order valence-corrected chi connectivity index (χ3v) is 5.63. The molecule has 0 aliphatic carbocycles. The Labute approximate surface area is 186 Å². The second-order valence-corrected chi connectivity index (χ2v) is 7.85. The molecule has 0 bridgehead atoms. The van der Waals surface area contributed by atoms with Crippen molar-refractivity contribution in [1.29, 1.82) is 0 Å². The number of nitrogens with zero attached hydrogens (tertiary/aromatic N) is 1.